The summed E-state index contributed by atoms with van der Waals surface area (Å²) in [7, 11) is 0. The Morgan fingerprint density at radius 3 is 2.79 bits per heavy atom. The Hall–Kier alpha value is -2.06. The van der Waals surface area contributed by atoms with Gasteiger partial charge in [-0.15, -0.1) is 0 Å². The number of aromatic amines is 1. The van der Waals surface area contributed by atoms with E-state index in [2.05, 4.69) is 14.9 Å². The Morgan fingerprint density at radius 2 is 2.17 bits per heavy atom. The predicted molar refractivity (Wildman–Crippen MR) is 92.3 cm³/mol. The van der Waals surface area contributed by atoms with Crippen LogP contribution in [-0.2, 0) is 24.9 Å². The zero-order chi connectivity index (χ0) is 17.5. The fourth-order valence-corrected chi connectivity index (χ4v) is 3.60. The Kier molecular flexibility index (Phi) is 4.27. The maximum atomic E-state index is 12.4. The lowest BCUT2D eigenvalue weighted by atomic mass is 9.95. The van der Waals surface area contributed by atoms with E-state index in [9.17, 15) is 14.9 Å². The number of rotatable bonds is 3. The molecule has 0 spiro atoms. The molecule has 3 rings (SSSR count). The van der Waals surface area contributed by atoms with Crippen LogP contribution in [0, 0.1) is 10.1 Å². The first-order chi connectivity index (χ1) is 11.2. The lowest BCUT2D eigenvalue weighted by Crippen LogP contribution is -2.36. The van der Waals surface area contributed by atoms with E-state index in [0.717, 1.165) is 23.5 Å². The summed E-state index contributed by atoms with van der Waals surface area (Å²) in [6.07, 6.45) is 0.718. The van der Waals surface area contributed by atoms with Crippen LogP contribution in [0.4, 0.5) is 5.00 Å². The molecule has 7 nitrogen and oxygen atoms in total. The summed E-state index contributed by atoms with van der Waals surface area (Å²) in [6.45, 7) is 7.99. The second kappa shape index (κ2) is 6.10. The second-order valence-corrected chi connectivity index (χ2v) is 8.19. The number of nitro groups is 1. The van der Waals surface area contributed by atoms with Crippen LogP contribution in [0.2, 0.25) is 0 Å². The van der Waals surface area contributed by atoms with Crippen LogP contribution < -0.4 is 5.56 Å². The highest BCUT2D eigenvalue weighted by Crippen LogP contribution is 2.27. The molecule has 0 radical (unpaired) electrons. The average molecular weight is 348 g/mol. The van der Waals surface area contributed by atoms with Gasteiger partial charge in [0.2, 0.25) is 0 Å². The van der Waals surface area contributed by atoms with Crippen molar-refractivity contribution in [2.75, 3.05) is 6.54 Å². The Labute approximate surface area is 143 Å². The Morgan fingerprint density at radius 1 is 1.42 bits per heavy atom. The molecule has 0 saturated heterocycles. The third-order valence-corrected chi connectivity index (χ3v) is 5.09. The fourth-order valence-electron chi connectivity index (χ4n) is 2.74. The van der Waals surface area contributed by atoms with Gasteiger partial charge >= 0.3 is 5.00 Å². The number of nitrogens with one attached hydrogen (secondary N) is 1. The molecule has 0 atom stereocenters. The molecule has 0 aromatic carbocycles. The standard InChI is InChI=1S/C16H20N4O3S/c1-16(2,3)15-17-12-6-7-19(9-11(12)14(21)18-15)8-10-4-5-13(24-10)20(22)23/h4-5H,6-9H2,1-3H3,(H,17,18,21). The Balaban J connectivity index is 1.79. The lowest BCUT2D eigenvalue weighted by molar-refractivity contribution is -0.380. The fraction of sp³-hybridized carbons (Fsp3) is 0.500. The maximum absolute atomic E-state index is 12.4. The minimum atomic E-state index is -0.373. The summed E-state index contributed by atoms with van der Waals surface area (Å²) in [6, 6.07) is 3.31. The van der Waals surface area contributed by atoms with E-state index in [-0.39, 0.29) is 20.9 Å². The van der Waals surface area contributed by atoms with Gasteiger partial charge in [-0.25, -0.2) is 4.98 Å². The summed E-state index contributed by atoms with van der Waals surface area (Å²) >= 11 is 1.18. The van der Waals surface area contributed by atoms with Gasteiger partial charge in [0, 0.05) is 42.4 Å². The van der Waals surface area contributed by atoms with Crippen LogP contribution in [0.1, 0.15) is 42.7 Å². The first kappa shape index (κ1) is 16.8. The van der Waals surface area contributed by atoms with Gasteiger partial charge in [0.15, 0.2) is 0 Å². The van der Waals surface area contributed by atoms with E-state index in [4.69, 9.17) is 0 Å². The quantitative estimate of drug-likeness (QED) is 0.680. The molecule has 1 aliphatic rings. The molecule has 0 bridgehead atoms. The highest BCUT2D eigenvalue weighted by atomic mass is 32.1. The molecule has 1 aliphatic heterocycles. The van der Waals surface area contributed by atoms with Crippen molar-refractivity contribution in [2.45, 2.75) is 45.7 Å². The molecule has 0 amide bonds. The smallest absolute Gasteiger partial charge is 0.310 e. The minimum Gasteiger partial charge on any atom is -0.310 e. The molecule has 8 heteroatoms. The lowest BCUT2D eigenvalue weighted by Gasteiger charge is -2.28. The normalized spacial score (nSPS) is 15.3. The van der Waals surface area contributed by atoms with E-state index in [1.165, 1.54) is 17.4 Å². The highest BCUT2D eigenvalue weighted by Gasteiger charge is 2.25. The molecule has 24 heavy (non-hydrogen) atoms. The third-order valence-electron chi connectivity index (χ3n) is 4.06. The number of aromatic nitrogens is 2. The zero-order valence-corrected chi connectivity index (χ0v) is 14.8. The molecule has 2 aromatic heterocycles. The van der Waals surface area contributed by atoms with Crippen molar-refractivity contribution < 1.29 is 4.92 Å². The van der Waals surface area contributed by atoms with Crippen molar-refractivity contribution in [1.82, 2.24) is 14.9 Å². The van der Waals surface area contributed by atoms with Gasteiger partial charge in [-0.3, -0.25) is 19.8 Å². The number of fused-ring (bicyclic) bond motifs is 1. The van der Waals surface area contributed by atoms with Gasteiger partial charge in [0.25, 0.3) is 5.56 Å². The molecular formula is C16H20N4O3S. The topological polar surface area (TPSA) is 92.1 Å². The van der Waals surface area contributed by atoms with Crippen LogP contribution in [0.3, 0.4) is 0 Å². The summed E-state index contributed by atoms with van der Waals surface area (Å²) in [4.78, 5) is 33.4. The van der Waals surface area contributed by atoms with Crippen LogP contribution >= 0.6 is 11.3 Å². The summed E-state index contributed by atoms with van der Waals surface area (Å²) in [5.74, 6) is 0.716. The average Bonchev–Trinajstić information content (AvgIpc) is 2.95. The molecule has 0 fully saturated rings. The molecule has 0 unspecified atom stereocenters. The largest absolute Gasteiger partial charge is 0.324 e. The van der Waals surface area contributed by atoms with Crippen molar-refractivity contribution in [1.29, 1.82) is 0 Å². The van der Waals surface area contributed by atoms with Crippen LogP contribution in [-0.4, -0.2) is 26.3 Å². The first-order valence-corrected chi connectivity index (χ1v) is 8.63. The van der Waals surface area contributed by atoms with Crippen LogP contribution in [0.15, 0.2) is 16.9 Å². The monoisotopic (exact) mass is 348 g/mol. The van der Waals surface area contributed by atoms with Crippen molar-refractivity contribution in [2.24, 2.45) is 0 Å². The minimum absolute atomic E-state index is 0.0771. The van der Waals surface area contributed by atoms with Gasteiger partial charge in [0.1, 0.15) is 5.82 Å². The van der Waals surface area contributed by atoms with Gasteiger partial charge in [-0.05, 0) is 6.07 Å². The van der Waals surface area contributed by atoms with Crippen LogP contribution in [0.25, 0.3) is 0 Å². The molecule has 3 heterocycles. The van der Waals surface area contributed by atoms with Crippen molar-refractivity contribution in [3.8, 4) is 0 Å². The van der Waals surface area contributed by atoms with Gasteiger partial charge in [-0.1, -0.05) is 32.1 Å². The van der Waals surface area contributed by atoms with E-state index < -0.39 is 0 Å². The van der Waals surface area contributed by atoms with Crippen molar-refractivity contribution in [3.63, 3.8) is 0 Å². The zero-order valence-electron chi connectivity index (χ0n) is 14.0. The van der Waals surface area contributed by atoms with Crippen molar-refractivity contribution in [3.05, 3.63) is 54.6 Å². The maximum Gasteiger partial charge on any atom is 0.324 e. The number of H-pyrrole nitrogens is 1. The second-order valence-electron chi connectivity index (χ2n) is 7.05. The molecule has 0 saturated carbocycles. The molecule has 0 aliphatic carbocycles. The van der Waals surface area contributed by atoms with Gasteiger partial charge in [-0.2, -0.15) is 0 Å². The number of thiophene rings is 1. The third kappa shape index (κ3) is 3.39. The predicted octanol–water partition coefficient (Wildman–Crippen LogP) is 2.60. The van der Waals surface area contributed by atoms with E-state index in [1.54, 1.807) is 6.07 Å². The number of hydrogen-bond donors (Lipinski definition) is 1. The molecule has 1 N–H and O–H groups in total. The highest BCUT2D eigenvalue weighted by molar-refractivity contribution is 7.15. The SMILES string of the molecule is CC(C)(C)c1nc2c(c(=O)[nH]1)CN(Cc1ccc([N+](=O)[O-])s1)CC2. The summed E-state index contributed by atoms with van der Waals surface area (Å²) in [5, 5.41) is 10.9. The van der Waals surface area contributed by atoms with Crippen molar-refractivity contribution >= 4 is 16.3 Å². The molecule has 128 valence electrons. The number of nitrogens with zero attached hydrogens (tertiary/aromatic N) is 3. The first-order valence-electron chi connectivity index (χ1n) is 7.82. The Bertz CT molecular complexity index is 835. The molecule has 2 aromatic rings. The molecular weight excluding hydrogens is 328 g/mol. The summed E-state index contributed by atoms with van der Waals surface area (Å²) < 4.78 is 0. The van der Waals surface area contributed by atoms with E-state index >= 15 is 0 Å². The van der Waals surface area contributed by atoms with Crippen LogP contribution in [0.5, 0.6) is 0 Å². The van der Waals surface area contributed by atoms with E-state index in [1.807, 2.05) is 20.8 Å². The summed E-state index contributed by atoms with van der Waals surface area (Å²) in [5.41, 5.74) is 1.31. The van der Waals surface area contributed by atoms with Gasteiger partial charge < -0.3 is 4.98 Å². The van der Waals surface area contributed by atoms with E-state index in [0.29, 0.717) is 24.5 Å². The van der Waals surface area contributed by atoms with Gasteiger partial charge in [0.05, 0.1) is 16.2 Å². The number of hydrogen-bond acceptors (Lipinski definition) is 6.